The molecule has 2 aromatic rings. The summed E-state index contributed by atoms with van der Waals surface area (Å²) in [6.45, 7) is 0. The van der Waals surface area contributed by atoms with E-state index in [1.165, 1.54) is 54.6 Å². The second-order valence-corrected chi connectivity index (χ2v) is 4.08. The standard InChI is InChI=1S/C15H11NO4/c17-12-5-2-11(3-6-12)15(19)8-4-10-1-7-13(18)9-14(10)16-20/h1-9,17-18H/b8-4+. The summed E-state index contributed by atoms with van der Waals surface area (Å²) >= 11 is 0. The number of carbonyl (C=O) groups is 1. The molecule has 0 fully saturated rings. The molecule has 0 saturated heterocycles. The molecule has 0 bridgehead atoms. The number of allylic oxidation sites excluding steroid dienone is 1. The third kappa shape index (κ3) is 3.08. The highest BCUT2D eigenvalue weighted by Gasteiger charge is 2.04. The molecule has 0 aliphatic rings. The Bertz CT molecular complexity index is 675. The second kappa shape index (κ2) is 5.79. The lowest BCUT2D eigenvalue weighted by Crippen LogP contribution is -1.92. The first-order valence-electron chi connectivity index (χ1n) is 5.78. The minimum atomic E-state index is -0.269. The molecular weight excluding hydrogens is 258 g/mol. The van der Waals surface area contributed by atoms with E-state index < -0.39 is 0 Å². The van der Waals surface area contributed by atoms with Crippen molar-refractivity contribution in [3.05, 3.63) is 64.6 Å². The van der Waals surface area contributed by atoms with Crippen LogP contribution < -0.4 is 0 Å². The minimum absolute atomic E-state index is 0.0553. The van der Waals surface area contributed by atoms with Crippen molar-refractivity contribution in [2.75, 3.05) is 0 Å². The molecule has 2 aromatic carbocycles. The van der Waals surface area contributed by atoms with Crippen molar-refractivity contribution in [3.63, 3.8) is 0 Å². The van der Waals surface area contributed by atoms with Crippen LogP contribution in [0.15, 0.2) is 53.7 Å². The highest BCUT2D eigenvalue weighted by molar-refractivity contribution is 6.07. The summed E-state index contributed by atoms with van der Waals surface area (Å²) in [5, 5.41) is 21.2. The van der Waals surface area contributed by atoms with E-state index in [-0.39, 0.29) is 23.0 Å². The van der Waals surface area contributed by atoms with Crippen LogP contribution >= 0.6 is 0 Å². The van der Waals surface area contributed by atoms with E-state index in [2.05, 4.69) is 5.18 Å². The van der Waals surface area contributed by atoms with Crippen molar-refractivity contribution in [2.45, 2.75) is 0 Å². The predicted octanol–water partition coefficient (Wildman–Crippen LogP) is 3.39. The molecule has 2 rings (SSSR count). The molecule has 100 valence electrons. The van der Waals surface area contributed by atoms with Gasteiger partial charge in [-0.05, 0) is 53.7 Å². The quantitative estimate of drug-likeness (QED) is 0.506. The molecule has 0 spiro atoms. The van der Waals surface area contributed by atoms with Crippen LogP contribution in [0.4, 0.5) is 5.69 Å². The van der Waals surface area contributed by atoms with E-state index in [1.807, 2.05) is 0 Å². The largest absolute Gasteiger partial charge is 0.508 e. The number of nitroso groups, excluding NO2 is 1. The van der Waals surface area contributed by atoms with E-state index in [9.17, 15) is 14.8 Å². The van der Waals surface area contributed by atoms with Gasteiger partial charge in [0.1, 0.15) is 17.2 Å². The number of aromatic hydroxyl groups is 2. The van der Waals surface area contributed by atoms with Gasteiger partial charge in [0, 0.05) is 17.2 Å². The van der Waals surface area contributed by atoms with Crippen molar-refractivity contribution in [2.24, 2.45) is 5.18 Å². The lowest BCUT2D eigenvalue weighted by Gasteiger charge is -1.99. The fraction of sp³-hybridized carbons (Fsp3) is 0. The zero-order valence-corrected chi connectivity index (χ0v) is 10.4. The number of ketones is 1. The Balaban J connectivity index is 2.23. The lowest BCUT2D eigenvalue weighted by molar-refractivity contribution is 0.104. The van der Waals surface area contributed by atoms with Crippen LogP contribution in [0.1, 0.15) is 15.9 Å². The van der Waals surface area contributed by atoms with E-state index in [0.29, 0.717) is 11.1 Å². The molecule has 2 N–H and O–H groups in total. The Hall–Kier alpha value is -2.95. The maximum absolute atomic E-state index is 11.9. The Kier molecular flexibility index (Phi) is 3.91. The molecule has 0 radical (unpaired) electrons. The molecule has 0 amide bonds. The first-order chi connectivity index (χ1) is 9.60. The zero-order chi connectivity index (χ0) is 14.5. The molecular formula is C15H11NO4. The van der Waals surface area contributed by atoms with Crippen molar-refractivity contribution >= 4 is 17.5 Å². The first-order valence-corrected chi connectivity index (χ1v) is 5.78. The Labute approximate surface area is 114 Å². The van der Waals surface area contributed by atoms with Gasteiger partial charge in [-0.15, -0.1) is 4.91 Å². The molecule has 0 unspecified atom stereocenters. The van der Waals surface area contributed by atoms with Gasteiger partial charge in [0.05, 0.1) is 0 Å². The maximum atomic E-state index is 11.9. The number of phenols is 2. The average molecular weight is 269 g/mol. The maximum Gasteiger partial charge on any atom is 0.185 e. The van der Waals surface area contributed by atoms with Gasteiger partial charge in [0.2, 0.25) is 0 Å². The number of carbonyl (C=O) groups excluding carboxylic acids is 1. The van der Waals surface area contributed by atoms with Gasteiger partial charge in [-0.1, -0.05) is 0 Å². The van der Waals surface area contributed by atoms with Crippen LogP contribution in [-0.4, -0.2) is 16.0 Å². The Morgan fingerprint density at radius 2 is 1.65 bits per heavy atom. The van der Waals surface area contributed by atoms with Crippen molar-refractivity contribution in [3.8, 4) is 11.5 Å². The summed E-state index contributed by atoms with van der Waals surface area (Å²) in [6.07, 6.45) is 2.75. The molecule has 0 aliphatic carbocycles. The van der Waals surface area contributed by atoms with Crippen molar-refractivity contribution < 1.29 is 15.0 Å². The lowest BCUT2D eigenvalue weighted by atomic mass is 10.1. The summed E-state index contributed by atoms with van der Waals surface area (Å²) in [6, 6.07) is 9.94. The van der Waals surface area contributed by atoms with Gasteiger partial charge in [0.25, 0.3) is 0 Å². The molecule has 20 heavy (non-hydrogen) atoms. The number of phenolic OH excluding ortho intramolecular Hbond substituents is 2. The van der Waals surface area contributed by atoms with Gasteiger partial charge in [0.15, 0.2) is 5.78 Å². The number of hydrogen-bond acceptors (Lipinski definition) is 5. The monoisotopic (exact) mass is 269 g/mol. The van der Waals surface area contributed by atoms with Crippen molar-refractivity contribution in [1.29, 1.82) is 0 Å². The van der Waals surface area contributed by atoms with Crippen LogP contribution in [0.3, 0.4) is 0 Å². The van der Waals surface area contributed by atoms with E-state index in [0.717, 1.165) is 0 Å². The third-order valence-electron chi connectivity index (χ3n) is 2.68. The molecule has 0 atom stereocenters. The highest BCUT2D eigenvalue weighted by atomic mass is 16.3. The summed E-state index contributed by atoms with van der Waals surface area (Å²) in [4.78, 5) is 22.5. The van der Waals surface area contributed by atoms with Gasteiger partial charge in [-0.25, -0.2) is 0 Å². The van der Waals surface area contributed by atoms with Crippen molar-refractivity contribution in [1.82, 2.24) is 0 Å². The fourth-order valence-electron chi connectivity index (χ4n) is 1.64. The van der Waals surface area contributed by atoms with Gasteiger partial charge < -0.3 is 10.2 Å². The molecule has 5 heteroatoms. The molecule has 0 saturated carbocycles. The van der Waals surface area contributed by atoms with Crippen LogP contribution in [0.5, 0.6) is 11.5 Å². The van der Waals surface area contributed by atoms with Crippen LogP contribution in [0, 0.1) is 4.91 Å². The Morgan fingerprint density at radius 1 is 1.00 bits per heavy atom. The van der Waals surface area contributed by atoms with E-state index in [4.69, 9.17) is 5.11 Å². The number of rotatable bonds is 4. The zero-order valence-electron chi connectivity index (χ0n) is 10.4. The Morgan fingerprint density at radius 3 is 2.30 bits per heavy atom. The normalized spacial score (nSPS) is 10.6. The first kappa shape index (κ1) is 13.5. The highest BCUT2D eigenvalue weighted by Crippen LogP contribution is 2.25. The summed E-state index contributed by atoms with van der Waals surface area (Å²) < 4.78 is 0. The molecule has 0 aliphatic heterocycles. The minimum Gasteiger partial charge on any atom is -0.508 e. The number of hydrogen-bond donors (Lipinski definition) is 2. The smallest absolute Gasteiger partial charge is 0.185 e. The van der Waals surface area contributed by atoms with E-state index in [1.54, 1.807) is 0 Å². The number of benzene rings is 2. The van der Waals surface area contributed by atoms with Gasteiger partial charge >= 0.3 is 0 Å². The van der Waals surface area contributed by atoms with Gasteiger partial charge in [-0.2, -0.15) is 0 Å². The van der Waals surface area contributed by atoms with Crippen LogP contribution in [0.2, 0.25) is 0 Å². The predicted molar refractivity (Wildman–Crippen MR) is 75.0 cm³/mol. The molecule has 0 aromatic heterocycles. The molecule has 0 heterocycles. The summed E-state index contributed by atoms with van der Waals surface area (Å²) in [7, 11) is 0. The third-order valence-corrected chi connectivity index (χ3v) is 2.68. The topological polar surface area (TPSA) is 87.0 Å². The van der Waals surface area contributed by atoms with Crippen LogP contribution in [0.25, 0.3) is 6.08 Å². The van der Waals surface area contributed by atoms with E-state index >= 15 is 0 Å². The summed E-state index contributed by atoms with van der Waals surface area (Å²) in [5.41, 5.74) is 0.906. The summed E-state index contributed by atoms with van der Waals surface area (Å²) in [5.74, 6) is -0.256. The number of nitrogens with zero attached hydrogens (tertiary/aromatic N) is 1. The van der Waals surface area contributed by atoms with Crippen LogP contribution in [-0.2, 0) is 0 Å². The van der Waals surface area contributed by atoms with Gasteiger partial charge in [-0.3, -0.25) is 4.79 Å². The fourth-order valence-corrected chi connectivity index (χ4v) is 1.64. The second-order valence-electron chi connectivity index (χ2n) is 4.08. The average Bonchev–Trinajstić information content (AvgIpc) is 2.46. The SMILES string of the molecule is O=Nc1cc(O)ccc1/C=C/C(=O)c1ccc(O)cc1. The molecule has 5 nitrogen and oxygen atoms in total.